The normalized spacial score (nSPS) is 16.9. The standard InChI is InChI=1S/C16H9ClFN3O4S/c17-9-5-8(14(22)12(7-9)21(24)25)6-13-15(23)20-16(26-13)19-11-3-1-10(18)2-4-11/h1-7,22H,(H,19,20,23)/b13-6-. The SMILES string of the molecule is O=C1NC(=Nc2ccc(F)cc2)S/C1=C\c1cc(Cl)cc([N+](=O)[O-])c1O. The fraction of sp³-hybridized carbons (Fsp3) is 0. The van der Waals surface area contributed by atoms with Gasteiger partial charge >= 0.3 is 5.69 Å². The van der Waals surface area contributed by atoms with Gasteiger partial charge in [-0.1, -0.05) is 11.6 Å². The van der Waals surface area contributed by atoms with E-state index in [4.69, 9.17) is 11.6 Å². The number of halogens is 2. The minimum atomic E-state index is -0.771. The van der Waals surface area contributed by atoms with Crippen molar-refractivity contribution in [2.24, 2.45) is 4.99 Å². The van der Waals surface area contributed by atoms with Crippen LogP contribution in [0.25, 0.3) is 6.08 Å². The third-order valence-electron chi connectivity index (χ3n) is 3.28. The highest BCUT2D eigenvalue weighted by atomic mass is 35.5. The molecule has 1 heterocycles. The molecule has 1 amide bonds. The molecule has 0 unspecified atom stereocenters. The summed E-state index contributed by atoms with van der Waals surface area (Å²) in [6.45, 7) is 0. The van der Waals surface area contributed by atoms with Gasteiger partial charge in [0.15, 0.2) is 5.17 Å². The van der Waals surface area contributed by atoms with Crippen LogP contribution in [0.5, 0.6) is 5.75 Å². The van der Waals surface area contributed by atoms with Gasteiger partial charge in [0.2, 0.25) is 5.75 Å². The minimum Gasteiger partial charge on any atom is -0.502 e. The van der Waals surface area contributed by atoms with E-state index in [1.807, 2.05) is 0 Å². The zero-order chi connectivity index (χ0) is 18.8. The van der Waals surface area contributed by atoms with E-state index in [-0.39, 0.29) is 20.7 Å². The molecule has 3 rings (SSSR count). The lowest BCUT2D eigenvalue weighted by Crippen LogP contribution is -2.19. The quantitative estimate of drug-likeness (QED) is 0.466. The third kappa shape index (κ3) is 3.84. The molecular formula is C16H9ClFN3O4S. The second kappa shape index (κ2) is 7.14. The summed E-state index contributed by atoms with van der Waals surface area (Å²) in [5.74, 6) is -1.49. The Labute approximate surface area is 155 Å². The molecule has 26 heavy (non-hydrogen) atoms. The first-order valence-corrected chi connectivity index (χ1v) is 8.25. The number of phenolic OH excluding ortho intramolecular Hbond substituents is 1. The number of amides is 1. The van der Waals surface area contributed by atoms with E-state index in [1.54, 1.807) is 0 Å². The monoisotopic (exact) mass is 393 g/mol. The molecule has 1 fully saturated rings. The van der Waals surface area contributed by atoms with Crippen molar-refractivity contribution < 1.29 is 19.2 Å². The first-order chi connectivity index (χ1) is 12.3. The number of phenols is 1. The largest absolute Gasteiger partial charge is 0.502 e. The Bertz CT molecular complexity index is 976. The number of aliphatic imine (C=N–C) groups is 1. The van der Waals surface area contributed by atoms with Crippen molar-refractivity contribution in [2.45, 2.75) is 0 Å². The summed E-state index contributed by atoms with van der Waals surface area (Å²) in [5.41, 5.74) is -0.0884. The van der Waals surface area contributed by atoms with Crippen LogP contribution in [0, 0.1) is 15.9 Å². The molecule has 0 aliphatic carbocycles. The van der Waals surface area contributed by atoms with Gasteiger partial charge in [-0.2, -0.15) is 0 Å². The molecule has 2 N–H and O–H groups in total. The second-order valence-electron chi connectivity index (χ2n) is 5.08. The number of rotatable bonds is 3. The number of benzene rings is 2. The molecule has 10 heteroatoms. The average Bonchev–Trinajstić information content (AvgIpc) is 2.92. The number of nitro benzene ring substituents is 1. The van der Waals surface area contributed by atoms with E-state index in [0.717, 1.165) is 17.8 Å². The highest BCUT2D eigenvalue weighted by molar-refractivity contribution is 8.18. The van der Waals surface area contributed by atoms with Gasteiger partial charge in [0.1, 0.15) is 5.82 Å². The first kappa shape index (κ1) is 17.9. The highest BCUT2D eigenvalue weighted by Gasteiger charge is 2.25. The smallest absolute Gasteiger partial charge is 0.312 e. The maximum absolute atomic E-state index is 12.9. The molecule has 7 nitrogen and oxygen atoms in total. The summed E-state index contributed by atoms with van der Waals surface area (Å²) < 4.78 is 12.9. The van der Waals surface area contributed by atoms with Crippen LogP contribution in [0.2, 0.25) is 5.02 Å². The van der Waals surface area contributed by atoms with Gasteiger partial charge in [0, 0.05) is 16.7 Å². The summed E-state index contributed by atoms with van der Waals surface area (Å²) in [7, 11) is 0. The molecule has 2 aromatic rings. The van der Waals surface area contributed by atoms with Gasteiger partial charge in [0.25, 0.3) is 5.91 Å². The molecule has 2 aromatic carbocycles. The Hall–Kier alpha value is -2.91. The van der Waals surface area contributed by atoms with Crippen LogP contribution >= 0.6 is 23.4 Å². The zero-order valence-electron chi connectivity index (χ0n) is 12.8. The van der Waals surface area contributed by atoms with E-state index in [2.05, 4.69) is 10.3 Å². The Morgan fingerprint density at radius 2 is 2.00 bits per heavy atom. The van der Waals surface area contributed by atoms with E-state index >= 15 is 0 Å². The van der Waals surface area contributed by atoms with Gasteiger partial charge in [-0.05, 0) is 48.2 Å². The number of hydrogen-bond donors (Lipinski definition) is 2. The predicted octanol–water partition coefficient (Wildman–Crippen LogP) is 3.98. The molecule has 0 spiro atoms. The minimum absolute atomic E-state index is 0.0323. The van der Waals surface area contributed by atoms with Gasteiger partial charge in [0.05, 0.1) is 15.5 Å². The maximum atomic E-state index is 12.9. The maximum Gasteiger partial charge on any atom is 0.312 e. The number of amidine groups is 1. The zero-order valence-corrected chi connectivity index (χ0v) is 14.3. The van der Waals surface area contributed by atoms with E-state index < -0.39 is 28.1 Å². The molecular weight excluding hydrogens is 385 g/mol. The summed E-state index contributed by atoms with van der Waals surface area (Å²) >= 11 is 6.80. The van der Waals surface area contributed by atoms with Crippen LogP contribution in [-0.2, 0) is 4.79 Å². The number of carbonyl (C=O) groups is 1. The Morgan fingerprint density at radius 1 is 1.31 bits per heavy atom. The lowest BCUT2D eigenvalue weighted by molar-refractivity contribution is -0.385. The van der Waals surface area contributed by atoms with Crippen LogP contribution in [0.4, 0.5) is 15.8 Å². The molecule has 0 saturated carbocycles. The lowest BCUT2D eigenvalue weighted by atomic mass is 10.1. The fourth-order valence-corrected chi connectivity index (χ4v) is 3.16. The second-order valence-corrected chi connectivity index (χ2v) is 6.55. The molecule has 0 bridgehead atoms. The van der Waals surface area contributed by atoms with Gasteiger partial charge in [-0.15, -0.1) is 0 Å². The number of nitro groups is 1. The number of nitrogens with one attached hydrogen (secondary N) is 1. The first-order valence-electron chi connectivity index (χ1n) is 7.05. The van der Waals surface area contributed by atoms with Crippen LogP contribution in [-0.4, -0.2) is 21.1 Å². The Morgan fingerprint density at radius 3 is 2.65 bits per heavy atom. The fourth-order valence-electron chi connectivity index (χ4n) is 2.11. The number of thioether (sulfide) groups is 1. The van der Waals surface area contributed by atoms with Crippen molar-refractivity contribution in [3.63, 3.8) is 0 Å². The van der Waals surface area contributed by atoms with Gasteiger partial charge in [-0.25, -0.2) is 9.38 Å². The van der Waals surface area contributed by atoms with Crippen LogP contribution in [0.15, 0.2) is 46.3 Å². The molecule has 0 atom stereocenters. The summed E-state index contributed by atoms with van der Waals surface area (Å²) in [6.07, 6.45) is 1.28. The molecule has 1 saturated heterocycles. The van der Waals surface area contributed by atoms with E-state index in [0.29, 0.717) is 5.69 Å². The number of nitrogens with zero attached hydrogens (tertiary/aromatic N) is 2. The lowest BCUT2D eigenvalue weighted by Gasteiger charge is -2.02. The molecule has 132 valence electrons. The molecule has 1 aliphatic rings. The highest BCUT2D eigenvalue weighted by Crippen LogP contribution is 2.37. The van der Waals surface area contributed by atoms with Crippen molar-refractivity contribution >= 4 is 51.9 Å². The van der Waals surface area contributed by atoms with Crippen molar-refractivity contribution in [3.05, 3.63) is 67.8 Å². The van der Waals surface area contributed by atoms with Crippen molar-refractivity contribution in [1.29, 1.82) is 0 Å². The summed E-state index contributed by atoms with van der Waals surface area (Å²) in [6, 6.07) is 7.69. The predicted molar refractivity (Wildman–Crippen MR) is 97.0 cm³/mol. The van der Waals surface area contributed by atoms with Crippen molar-refractivity contribution in [2.75, 3.05) is 0 Å². The summed E-state index contributed by atoms with van der Waals surface area (Å²) in [4.78, 5) is 26.6. The summed E-state index contributed by atoms with van der Waals surface area (Å²) in [5, 5.41) is 23.8. The van der Waals surface area contributed by atoms with E-state index in [1.165, 1.54) is 36.4 Å². The van der Waals surface area contributed by atoms with E-state index in [9.17, 15) is 24.4 Å². The van der Waals surface area contributed by atoms with Crippen LogP contribution in [0.3, 0.4) is 0 Å². The average molecular weight is 394 g/mol. The van der Waals surface area contributed by atoms with Crippen LogP contribution < -0.4 is 5.32 Å². The van der Waals surface area contributed by atoms with Gasteiger partial charge < -0.3 is 10.4 Å². The number of hydrogen-bond acceptors (Lipinski definition) is 6. The Balaban J connectivity index is 1.92. The number of aromatic hydroxyl groups is 1. The molecule has 0 aromatic heterocycles. The third-order valence-corrected chi connectivity index (χ3v) is 4.40. The van der Waals surface area contributed by atoms with Crippen molar-refractivity contribution in [3.8, 4) is 5.75 Å². The molecule has 1 aliphatic heterocycles. The van der Waals surface area contributed by atoms with Crippen molar-refractivity contribution in [1.82, 2.24) is 5.32 Å². The number of carbonyl (C=O) groups excluding carboxylic acids is 1. The van der Waals surface area contributed by atoms with Gasteiger partial charge in [-0.3, -0.25) is 14.9 Å². The Kier molecular flexibility index (Phi) is 4.92. The molecule has 0 radical (unpaired) electrons. The topological polar surface area (TPSA) is 105 Å². The van der Waals surface area contributed by atoms with Crippen LogP contribution in [0.1, 0.15) is 5.56 Å².